The fourth-order valence-electron chi connectivity index (χ4n) is 4.79. The van der Waals surface area contributed by atoms with Gasteiger partial charge >= 0.3 is 11.9 Å². The minimum absolute atomic E-state index is 0.0392. The number of allylic oxidation sites excluding steroid dienone is 1. The van der Waals surface area contributed by atoms with Crippen molar-refractivity contribution in [2.75, 3.05) is 7.11 Å². The molecule has 1 aliphatic carbocycles. The summed E-state index contributed by atoms with van der Waals surface area (Å²) in [6.07, 6.45) is 3.82. The Morgan fingerprint density at radius 3 is 2.62 bits per heavy atom. The number of carbonyl (C=O) groups is 2. The quantitative estimate of drug-likeness (QED) is 0.262. The summed E-state index contributed by atoms with van der Waals surface area (Å²) in [5.41, 5.74) is 4.27. The van der Waals surface area contributed by atoms with Gasteiger partial charge in [0.2, 0.25) is 5.76 Å². The van der Waals surface area contributed by atoms with Gasteiger partial charge in [-0.15, -0.1) is 11.3 Å². The summed E-state index contributed by atoms with van der Waals surface area (Å²) >= 11 is 1.69. The van der Waals surface area contributed by atoms with Crippen LogP contribution < -0.4 is 0 Å². The first-order valence-corrected chi connectivity index (χ1v) is 13.1. The lowest BCUT2D eigenvalue weighted by Gasteiger charge is -2.36. The highest BCUT2D eigenvalue weighted by molar-refractivity contribution is 7.10. The Hall–Kier alpha value is -3.71. The zero-order valence-electron chi connectivity index (χ0n) is 21.4. The van der Waals surface area contributed by atoms with Crippen molar-refractivity contribution < 1.29 is 23.5 Å². The lowest BCUT2D eigenvalue weighted by molar-refractivity contribution is 0.0438. The third-order valence-electron chi connectivity index (χ3n) is 6.90. The summed E-state index contributed by atoms with van der Waals surface area (Å²) in [7, 11) is 1.29. The van der Waals surface area contributed by atoms with Gasteiger partial charge in [0, 0.05) is 10.3 Å². The number of rotatable bonds is 5. The number of esters is 2. The highest BCUT2D eigenvalue weighted by Crippen LogP contribution is 2.45. The van der Waals surface area contributed by atoms with Crippen LogP contribution in [0.1, 0.15) is 70.0 Å². The van der Waals surface area contributed by atoms with Crippen LogP contribution in [0.15, 0.2) is 58.3 Å². The van der Waals surface area contributed by atoms with Crippen LogP contribution in [-0.2, 0) is 22.5 Å². The number of fused-ring (bicyclic) bond motifs is 2. The van der Waals surface area contributed by atoms with Crippen molar-refractivity contribution in [2.45, 2.75) is 40.2 Å². The first kappa shape index (κ1) is 25.0. The largest absolute Gasteiger partial charge is 0.463 e. The van der Waals surface area contributed by atoms with Crippen LogP contribution >= 0.6 is 11.3 Å². The predicted octanol–water partition coefficient (Wildman–Crippen LogP) is 7.18. The normalized spacial score (nSPS) is 16.5. The molecule has 37 heavy (non-hydrogen) atoms. The molecule has 0 bridgehead atoms. The Morgan fingerprint density at radius 1 is 1.08 bits per heavy atom. The molecule has 1 aliphatic rings. The van der Waals surface area contributed by atoms with Gasteiger partial charge < -0.3 is 13.9 Å². The Bertz CT molecular complexity index is 1490. The van der Waals surface area contributed by atoms with Crippen molar-refractivity contribution >= 4 is 45.8 Å². The molecule has 0 saturated heterocycles. The molecule has 190 valence electrons. The maximum Gasteiger partial charge on any atom is 0.373 e. The van der Waals surface area contributed by atoms with E-state index in [2.05, 4.69) is 43.0 Å². The van der Waals surface area contributed by atoms with Crippen molar-refractivity contribution in [1.82, 2.24) is 4.98 Å². The zero-order valence-corrected chi connectivity index (χ0v) is 22.2. The van der Waals surface area contributed by atoms with E-state index in [0.29, 0.717) is 17.2 Å². The third-order valence-corrected chi connectivity index (χ3v) is 7.72. The van der Waals surface area contributed by atoms with E-state index in [4.69, 9.17) is 14.1 Å². The summed E-state index contributed by atoms with van der Waals surface area (Å²) in [4.78, 5) is 31.6. The third kappa shape index (κ3) is 5.09. The minimum Gasteiger partial charge on any atom is -0.463 e. The van der Waals surface area contributed by atoms with Crippen LogP contribution in [0, 0.1) is 11.3 Å². The summed E-state index contributed by atoms with van der Waals surface area (Å²) < 4.78 is 15.9. The first-order valence-electron chi connectivity index (χ1n) is 12.2. The Kier molecular flexibility index (Phi) is 6.73. The van der Waals surface area contributed by atoms with E-state index in [1.165, 1.54) is 13.2 Å². The number of hydrogen-bond acceptors (Lipinski definition) is 7. The van der Waals surface area contributed by atoms with E-state index < -0.39 is 11.9 Å². The lowest BCUT2D eigenvalue weighted by Crippen LogP contribution is -2.28. The summed E-state index contributed by atoms with van der Waals surface area (Å²) in [5, 5.41) is 2.83. The number of ether oxygens (including phenoxy) is 2. The number of pyridine rings is 1. The van der Waals surface area contributed by atoms with Gasteiger partial charge in [0.05, 0.1) is 23.9 Å². The molecule has 4 aromatic rings. The standard InChI is InChI=1S/C30H29NO5S/c1-30(2,3)19-14-18(15-21-8-7-13-37-21)27-23(16-19)26(22-9-5-6-10-24(22)31-27)29(33)35-17-20-11-12-25(36-20)28(32)34-4/h5-13,15,19H,14,16-17H2,1-4H3. The van der Waals surface area contributed by atoms with E-state index in [1.807, 2.05) is 30.3 Å². The van der Waals surface area contributed by atoms with Gasteiger partial charge in [-0.05, 0) is 71.0 Å². The lowest BCUT2D eigenvalue weighted by atomic mass is 9.69. The van der Waals surface area contributed by atoms with Crippen LogP contribution in [0.2, 0.25) is 0 Å². The maximum atomic E-state index is 13.7. The second-order valence-corrected chi connectivity index (χ2v) is 11.3. The van der Waals surface area contributed by atoms with Gasteiger partial charge in [0.25, 0.3) is 0 Å². The van der Waals surface area contributed by atoms with Crippen molar-refractivity contribution in [3.63, 3.8) is 0 Å². The number of aromatic nitrogens is 1. The van der Waals surface area contributed by atoms with E-state index in [9.17, 15) is 9.59 Å². The van der Waals surface area contributed by atoms with E-state index in [1.54, 1.807) is 17.4 Å². The Morgan fingerprint density at radius 2 is 1.89 bits per heavy atom. The van der Waals surface area contributed by atoms with Crippen LogP contribution in [-0.4, -0.2) is 24.0 Å². The number of para-hydroxylation sites is 1. The molecule has 0 N–H and O–H groups in total. The number of methoxy groups -OCH3 is 1. The van der Waals surface area contributed by atoms with Gasteiger partial charge in [-0.2, -0.15) is 0 Å². The highest BCUT2D eigenvalue weighted by Gasteiger charge is 2.35. The van der Waals surface area contributed by atoms with Crippen molar-refractivity contribution in [1.29, 1.82) is 0 Å². The Labute approximate surface area is 219 Å². The fraction of sp³-hybridized carbons (Fsp3) is 0.300. The zero-order chi connectivity index (χ0) is 26.2. The SMILES string of the molecule is COC(=O)c1ccc(COC(=O)c2c3c(nc4ccccc24)C(=Cc2cccs2)CC(C(C)(C)C)C3)o1. The number of carbonyl (C=O) groups excluding carboxylic acids is 2. The highest BCUT2D eigenvalue weighted by atomic mass is 32.1. The molecule has 7 heteroatoms. The van der Waals surface area contributed by atoms with E-state index >= 15 is 0 Å². The molecule has 3 heterocycles. The number of benzene rings is 1. The molecule has 1 unspecified atom stereocenters. The summed E-state index contributed by atoms with van der Waals surface area (Å²) in [6, 6.07) is 14.9. The van der Waals surface area contributed by atoms with Crippen LogP contribution in [0.4, 0.5) is 0 Å². The van der Waals surface area contributed by atoms with E-state index in [-0.39, 0.29) is 17.8 Å². The van der Waals surface area contributed by atoms with Gasteiger partial charge in [-0.3, -0.25) is 0 Å². The maximum absolute atomic E-state index is 13.7. The molecule has 5 rings (SSSR count). The topological polar surface area (TPSA) is 78.6 Å². The molecule has 1 atom stereocenters. The molecule has 0 saturated carbocycles. The van der Waals surface area contributed by atoms with Gasteiger partial charge in [0.1, 0.15) is 12.4 Å². The smallest absolute Gasteiger partial charge is 0.373 e. The van der Waals surface area contributed by atoms with Crippen molar-refractivity contribution in [2.24, 2.45) is 11.3 Å². The average Bonchev–Trinajstić information content (AvgIpc) is 3.57. The van der Waals surface area contributed by atoms with Gasteiger partial charge in [0.15, 0.2) is 0 Å². The van der Waals surface area contributed by atoms with Crippen LogP contribution in [0.25, 0.3) is 22.6 Å². The molecule has 1 aromatic carbocycles. The Balaban J connectivity index is 1.58. The molecule has 0 radical (unpaired) electrons. The summed E-state index contributed by atoms with van der Waals surface area (Å²) in [5.74, 6) is -0.252. The number of nitrogens with zero attached hydrogens (tertiary/aromatic N) is 1. The monoisotopic (exact) mass is 515 g/mol. The molecule has 0 fully saturated rings. The van der Waals surface area contributed by atoms with E-state index in [0.717, 1.165) is 45.5 Å². The van der Waals surface area contributed by atoms with Crippen LogP contribution in [0.5, 0.6) is 0 Å². The molecular formula is C30H29NO5S. The molecule has 6 nitrogen and oxygen atoms in total. The number of furan rings is 1. The number of thiophene rings is 1. The van der Waals surface area contributed by atoms with Gasteiger partial charge in [-0.1, -0.05) is 45.0 Å². The predicted molar refractivity (Wildman–Crippen MR) is 144 cm³/mol. The van der Waals surface area contributed by atoms with Crippen molar-refractivity contribution in [3.8, 4) is 0 Å². The second-order valence-electron chi connectivity index (χ2n) is 10.3. The van der Waals surface area contributed by atoms with Crippen LogP contribution in [0.3, 0.4) is 0 Å². The molecule has 3 aromatic heterocycles. The number of hydrogen-bond donors (Lipinski definition) is 0. The second kappa shape index (κ2) is 9.98. The summed E-state index contributed by atoms with van der Waals surface area (Å²) in [6.45, 7) is 6.64. The first-order chi connectivity index (χ1) is 17.7. The molecular weight excluding hydrogens is 486 g/mol. The minimum atomic E-state index is -0.579. The average molecular weight is 516 g/mol. The molecule has 0 amide bonds. The fourth-order valence-corrected chi connectivity index (χ4v) is 5.47. The molecule has 0 aliphatic heterocycles. The van der Waals surface area contributed by atoms with Gasteiger partial charge in [-0.25, -0.2) is 14.6 Å². The van der Waals surface area contributed by atoms with Crippen molar-refractivity contribution in [3.05, 3.63) is 87.1 Å². The molecule has 0 spiro atoms.